The van der Waals surface area contributed by atoms with E-state index in [0.717, 1.165) is 11.4 Å². The lowest BCUT2D eigenvalue weighted by molar-refractivity contribution is 0.596. The molecule has 4 nitrogen and oxygen atoms in total. The number of hydrogen-bond donors (Lipinski definition) is 2. The molecule has 0 bridgehead atoms. The first-order valence-electron chi connectivity index (χ1n) is 4.61. The van der Waals surface area contributed by atoms with Crippen molar-refractivity contribution < 1.29 is 0 Å². The topological polar surface area (TPSA) is 45.6 Å². The molecule has 2 heterocycles. The van der Waals surface area contributed by atoms with Crippen LogP contribution in [0.5, 0.6) is 0 Å². The second-order valence-corrected chi connectivity index (χ2v) is 3.23. The van der Waals surface area contributed by atoms with Gasteiger partial charge in [0, 0.05) is 25.1 Å². The van der Waals surface area contributed by atoms with Gasteiger partial charge < -0.3 is 10.3 Å². The van der Waals surface area contributed by atoms with Crippen LogP contribution in [-0.4, -0.2) is 21.8 Å². The third-order valence-electron chi connectivity index (χ3n) is 2.38. The maximum atomic E-state index is 4.16. The maximum absolute atomic E-state index is 4.16. The van der Waals surface area contributed by atoms with E-state index < -0.39 is 0 Å². The predicted molar refractivity (Wildman–Crippen MR) is 54.9 cm³/mol. The predicted octanol–water partition coefficient (Wildman–Crippen LogP) is 1.06. The number of aromatic amines is 1. The zero-order chi connectivity index (χ0) is 9.97. The van der Waals surface area contributed by atoms with Crippen molar-refractivity contribution in [1.82, 2.24) is 20.1 Å². The van der Waals surface area contributed by atoms with Crippen molar-refractivity contribution in [3.05, 3.63) is 42.0 Å². The van der Waals surface area contributed by atoms with Crippen LogP contribution in [0, 0.1) is 0 Å². The van der Waals surface area contributed by atoms with Gasteiger partial charge in [0.2, 0.25) is 0 Å². The monoisotopic (exact) mass is 190 g/mol. The average Bonchev–Trinajstić information content (AvgIpc) is 2.80. The largest absolute Gasteiger partial charge is 0.363 e. The third kappa shape index (κ3) is 1.44. The average molecular weight is 190 g/mol. The number of nitrogens with zero attached hydrogens (tertiary/aromatic N) is 2. The first-order valence-corrected chi connectivity index (χ1v) is 4.61. The van der Waals surface area contributed by atoms with E-state index in [9.17, 15) is 0 Å². The molecule has 1 atom stereocenters. The van der Waals surface area contributed by atoms with Crippen LogP contribution in [-0.2, 0) is 7.05 Å². The Morgan fingerprint density at radius 2 is 2.36 bits per heavy atom. The molecule has 0 saturated heterocycles. The lowest BCUT2D eigenvalue weighted by Crippen LogP contribution is -2.20. The molecule has 2 rings (SSSR count). The summed E-state index contributed by atoms with van der Waals surface area (Å²) in [6.07, 6.45) is 3.73. The van der Waals surface area contributed by atoms with E-state index in [1.165, 1.54) is 0 Å². The molecule has 1 unspecified atom stereocenters. The first-order chi connectivity index (χ1) is 6.83. The Hall–Kier alpha value is -1.55. The van der Waals surface area contributed by atoms with Crippen LogP contribution in [0.1, 0.15) is 17.4 Å². The summed E-state index contributed by atoms with van der Waals surface area (Å²) in [6.45, 7) is 0. The quantitative estimate of drug-likeness (QED) is 0.760. The van der Waals surface area contributed by atoms with Gasteiger partial charge in [-0.25, -0.2) is 0 Å². The fraction of sp³-hybridized carbons (Fsp3) is 0.300. The molecular weight excluding hydrogens is 176 g/mol. The van der Waals surface area contributed by atoms with Crippen LogP contribution in [0.25, 0.3) is 0 Å². The van der Waals surface area contributed by atoms with Gasteiger partial charge in [-0.3, -0.25) is 4.68 Å². The lowest BCUT2D eigenvalue weighted by Gasteiger charge is -2.14. The molecule has 74 valence electrons. The van der Waals surface area contributed by atoms with Crippen LogP contribution in [0.3, 0.4) is 0 Å². The highest BCUT2D eigenvalue weighted by Gasteiger charge is 2.15. The van der Waals surface area contributed by atoms with Crippen molar-refractivity contribution >= 4 is 0 Å². The molecule has 0 aliphatic heterocycles. The smallest absolute Gasteiger partial charge is 0.0897 e. The van der Waals surface area contributed by atoms with Gasteiger partial charge in [0.25, 0.3) is 0 Å². The summed E-state index contributed by atoms with van der Waals surface area (Å²) < 4.78 is 1.88. The minimum absolute atomic E-state index is 0.178. The Morgan fingerprint density at radius 3 is 2.86 bits per heavy atom. The number of rotatable bonds is 3. The molecule has 2 aromatic heterocycles. The first kappa shape index (κ1) is 9.02. The second kappa shape index (κ2) is 3.67. The molecule has 0 radical (unpaired) electrons. The SMILES string of the molecule is CNC(c1ccc[nH]1)c1ccnn1C. The number of hydrogen-bond acceptors (Lipinski definition) is 2. The van der Waals surface area contributed by atoms with Gasteiger partial charge >= 0.3 is 0 Å². The Morgan fingerprint density at radius 1 is 1.50 bits per heavy atom. The van der Waals surface area contributed by atoms with E-state index >= 15 is 0 Å². The highest BCUT2D eigenvalue weighted by molar-refractivity contribution is 5.21. The zero-order valence-corrected chi connectivity index (χ0v) is 8.36. The van der Waals surface area contributed by atoms with Crippen molar-refractivity contribution in [2.24, 2.45) is 7.05 Å². The lowest BCUT2D eigenvalue weighted by atomic mass is 10.1. The van der Waals surface area contributed by atoms with E-state index in [1.807, 2.05) is 43.3 Å². The van der Waals surface area contributed by atoms with Gasteiger partial charge in [-0.15, -0.1) is 0 Å². The number of aryl methyl sites for hydroxylation is 1. The minimum atomic E-state index is 0.178. The highest BCUT2D eigenvalue weighted by atomic mass is 15.3. The molecule has 4 heteroatoms. The Kier molecular flexibility index (Phi) is 2.37. The van der Waals surface area contributed by atoms with Crippen molar-refractivity contribution in [2.45, 2.75) is 6.04 Å². The number of H-pyrrole nitrogens is 1. The summed E-state index contributed by atoms with van der Waals surface area (Å²) in [4.78, 5) is 3.20. The van der Waals surface area contributed by atoms with Gasteiger partial charge in [0.1, 0.15) is 0 Å². The summed E-state index contributed by atoms with van der Waals surface area (Å²) in [6, 6.07) is 6.25. The third-order valence-corrected chi connectivity index (χ3v) is 2.38. The Bertz CT molecular complexity index is 388. The highest BCUT2D eigenvalue weighted by Crippen LogP contribution is 2.18. The normalized spacial score (nSPS) is 13.0. The molecular formula is C10H14N4. The minimum Gasteiger partial charge on any atom is -0.363 e. The Balaban J connectivity index is 2.36. The van der Waals surface area contributed by atoms with Crippen LogP contribution < -0.4 is 5.32 Å². The standard InChI is InChI=1S/C10H14N4/c1-11-10(8-4-3-6-12-8)9-5-7-13-14(9)2/h3-7,10-12H,1-2H3. The fourth-order valence-corrected chi connectivity index (χ4v) is 1.65. The molecule has 2 N–H and O–H groups in total. The van der Waals surface area contributed by atoms with Gasteiger partial charge in [0.15, 0.2) is 0 Å². The molecule has 0 spiro atoms. The zero-order valence-electron chi connectivity index (χ0n) is 8.36. The van der Waals surface area contributed by atoms with Gasteiger partial charge in [-0.2, -0.15) is 5.10 Å². The van der Waals surface area contributed by atoms with Crippen molar-refractivity contribution in [2.75, 3.05) is 7.05 Å². The van der Waals surface area contributed by atoms with Crippen molar-refractivity contribution in [3.63, 3.8) is 0 Å². The van der Waals surface area contributed by atoms with E-state index in [4.69, 9.17) is 0 Å². The summed E-state index contributed by atoms with van der Waals surface area (Å²) in [5, 5.41) is 7.41. The van der Waals surface area contributed by atoms with Crippen molar-refractivity contribution in [1.29, 1.82) is 0 Å². The molecule has 0 aliphatic carbocycles. The molecule has 14 heavy (non-hydrogen) atoms. The number of nitrogens with one attached hydrogen (secondary N) is 2. The summed E-state index contributed by atoms with van der Waals surface area (Å²) in [7, 11) is 3.89. The molecule has 0 amide bonds. The second-order valence-electron chi connectivity index (χ2n) is 3.23. The van der Waals surface area contributed by atoms with Gasteiger partial charge in [-0.1, -0.05) is 0 Å². The van der Waals surface area contributed by atoms with E-state index in [1.54, 1.807) is 0 Å². The molecule has 2 aromatic rings. The number of aromatic nitrogens is 3. The van der Waals surface area contributed by atoms with Gasteiger partial charge in [0.05, 0.1) is 11.7 Å². The maximum Gasteiger partial charge on any atom is 0.0897 e. The summed E-state index contributed by atoms with van der Waals surface area (Å²) in [5.41, 5.74) is 2.30. The van der Waals surface area contributed by atoms with E-state index in [2.05, 4.69) is 21.5 Å². The molecule has 0 saturated carbocycles. The van der Waals surface area contributed by atoms with Crippen LogP contribution in [0.2, 0.25) is 0 Å². The van der Waals surface area contributed by atoms with E-state index in [-0.39, 0.29) is 6.04 Å². The Labute approximate surface area is 82.9 Å². The summed E-state index contributed by atoms with van der Waals surface area (Å²) >= 11 is 0. The van der Waals surface area contributed by atoms with Crippen LogP contribution >= 0.6 is 0 Å². The van der Waals surface area contributed by atoms with Crippen molar-refractivity contribution in [3.8, 4) is 0 Å². The van der Waals surface area contributed by atoms with E-state index in [0.29, 0.717) is 0 Å². The van der Waals surface area contributed by atoms with Gasteiger partial charge in [-0.05, 0) is 25.2 Å². The van der Waals surface area contributed by atoms with Crippen LogP contribution in [0.15, 0.2) is 30.6 Å². The fourth-order valence-electron chi connectivity index (χ4n) is 1.65. The van der Waals surface area contributed by atoms with Crippen LogP contribution in [0.4, 0.5) is 0 Å². The molecule has 0 fully saturated rings. The molecule has 0 aliphatic rings. The summed E-state index contributed by atoms with van der Waals surface area (Å²) in [5.74, 6) is 0. The molecule has 0 aromatic carbocycles.